The lowest BCUT2D eigenvalue weighted by atomic mass is 10.1. The summed E-state index contributed by atoms with van der Waals surface area (Å²) in [6.45, 7) is 10.1. The van der Waals surface area contributed by atoms with Gasteiger partial charge in [0.1, 0.15) is 5.82 Å². The smallest absolute Gasteiger partial charge is 0.191 e. The second-order valence-corrected chi connectivity index (χ2v) is 7.44. The number of rotatable bonds is 10. The third kappa shape index (κ3) is 8.53. The van der Waals surface area contributed by atoms with Crippen molar-refractivity contribution in [2.75, 3.05) is 19.6 Å². The highest BCUT2D eigenvalue weighted by Crippen LogP contribution is 2.14. The molecule has 0 aliphatic carbocycles. The van der Waals surface area contributed by atoms with Gasteiger partial charge in [0.25, 0.3) is 0 Å². The normalized spacial score (nSPS) is 12.5. The Bertz CT molecular complexity index is 624. The van der Waals surface area contributed by atoms with Crippen LogP contribution >= 0.6 is 35.3 Å². The Morgan fingerprint density at radius 1 is 1.35 bits per heavy atom. The average molecular weight is 489 g/mol. The molecule has 0 radical (unpaired) electrons. The number of hydrogen-bond donors (Lipinski definition) is 2. The molecule has 0 saturated heterocycles. The fourth-order valence-electron chi connectivity index (χ4n) is 2.68. The molecular weight excluding hydrogens is 457 g/mol. The first-order valence-electron chi connectivity index (χ1n) is 9.21. The second kappa shape index (κ2) is 13.1. The van der Waals surface area contributed by atoms with E-state index in [1.165, 1.54) is 4.88 Å². The van der Waals surface area contributed by atoms with Gasteiger partial charge in [-0.2, -0.15) is 0 Å². The quantitative estimate of drug-likeness (QED) is 0.229. The molecule has 7 heteroatoms. The van der Waals surface area contributed by atoms with E-state index in [2.05, 4.69) is 51.5 Å². The van der Waals surface area contributed by atoms with Crippen LogP contribution in [-0.2, 0) is 13.0 Å². The number of guanidine groups is 1. The SMILES string of the molecule is CCNC(=NCC(C)Cc1cccs1)NCCCCn1ccnc1C.I. The molecule has 0 aromatic carbocycles. The molecule has 1 unspecified atom stereocenters. The molecule has 5 nitrogen and oxygen atoms in total. The van der Waals surface area contributed by atoms with Crippen LogP contribution in [0.4, 0.5) is 0 Å². The highest BCUT2D eigenvalue weighted by atomic mass is 127. The maximum atomic E-state index is 4.74. The van der Waals surface area contributed by atoms with Gasteiger partial charge in [0.05, 0.1) is 0 Å². The summed E-state index contributed by atoms with van der Waals surface area (Å²) < 4.78 is 2.20. The molecule has 0 fully saturated rings. The fraction of sp³-hybridized carbons (Fsp3) is 0.579. The lowest BCUT2D eigenvalue weighted by Crippen LogP contribution is -2.38. The van der Waals surface area contributed by atoms with Crippen LogP contribution in [0.1, 0.15) is 37.4 Å². The number of aryl methyl sites for hydroxylation is 2. The number of nitrogens with zero attached hydrogens (tertiary/aromatic N) is 3. The topological polar surface area (TPSA) is 54.2 Å². The van der Waals surface area contributed by atoms with Gasteiger partial charge in [-0.05, 0) is 50.5 Å². The standard InChI is InChI=1S/C19H31N5S.HI/c1-4-20-19(23-15-16(2)14-18-8-7-13-25-18)22-9-5-6-11-24-12-10-21-17(24)3;/h7-8,10,12-13,16H,4-6,9,11,14-15H2,1-3H3,(H2,20,22,23);1H. The van der Waals surface area contributed by atoms with Gasteiger partial charge < -0.3 is 15.2 Å². The van der Waals surface area contributed by atoms with Gasteiger partial charge >= 0.3 is 0 Å². The van der Waals surface area contributed by atoms with E-state index in [4.69, 9.17) is 4.99 Å². The fourth-order valence-corrected chi connectivity index (χ4v) is 3.55. The molecule has 146 valence electrons. The molecule has 2 heterocycles. The summed E-state index contributed by atoms with van der Waals surface area (Å²) >= 11 is 1.83. The van der Waals surface area contributed by atoms with Crippen molar-refractivity contribution in [3.8, 4) is 0 Å². The van der Waals surface area contributed by atoms with Crippen LogP contribution in [0.5, 0.6) is 0 Å². The van der Waals surface area contributed by atoms with Crippen LogP contribution in [0.25, 0.3) is 0 Å². The summed E-state index contributed by atoms with van der Waals surface area (Å²) in [4.78, 5) is 10.4. The summed E-state index contributed by atoms with van der Waals surface area (Å²) in [5.74, 6) is 2.57. The highest BCUT2D eigenvalue weighted by molar-refractivity contribution is 14.0. The largest absolute Gasteiger partial charge is 0.357 e. The van der Waals surface area contributed by atoms with Crippen molar-refractivity contribution in [3.05, 3.63) is 40.6 Å². The lowest BCUT2D eigenvalue weighted by Gasteiger charge is -2.13. The zero-order valence-corrected chi connectivity index (χ0v) is 19.2. The van der Waals surface area contributed by atoms with Crippen molar-refractivity contribution in [1.29, 1.82) is 0 Å². The minimum Gasteiger partial charge on any atom is -0.357 e. The van der Waals surface area contributed by atoms with E-state index >= 15 is 0 Å². The maximum Gasteiger partial charge on any atom is 0.191 e. The predicted octanol–water partition coefficient (Wildman–Crippen LogP) is 4.09. The Morgan fingerprint density at radius 3 is 2.85 bits per heavy atom. The van der Waals surface area contributed by atoms with E-state index in [0.717, 1.165) is 57.2 Å². The van der Waals surface area contributed by atoms with E-state index in [9.17, 15) is 0 Å². The molecule has 0 aliphatic rings. The van der Waals surface area contributed by atoms with Gasteiger partial charge in [-0.3, -0.25) is 4.99 Å². The number of nitrogens with one attached hydrogen (secondary N) is 2. The maximum absolute atomic E-state index is 4.74. The van der Waals surface area contributed by atoms with Gasteiger partial charge in [0.15, 0.2) is 5.96 Å². The van der Waals surface area contributed by atoms with Crippen LogP contribution in [0.2, 0.25) is 0 Å². The zero-order valence-electron chi connectivity index (χ0n) is 16.1. The Hall–Kier alpha value is -1.09. The zero-order chi connectivity index (χ0) is 17.9. The number of unbranched alkanes of at least 4 members (excludes halogenated alkanes) is 1. The van der Waals surface area contributed by atoms with E-state index in [1.807, 2.05) is 30.7 Å². The van der Waals surface area contributed by atoms with Crippen LogP contribution < -0.4 is 10.6 Å². The Morgan fingerprint density at radius 2 is 2.19 bits per heavy atom. The lowest BCUT2D eigenvalue weighted by molar-refractivity contribution is 0.581. The van der Waals surface area contributed by atoms with Gasteiger partial charge in [0, 0.05) is 43.4 Å². The van der Waals surface area contributed by atoms with Crippen molar-refractivity contribution in [2.45, 2.75) is 46.6 Å². The predicted molar refractivity (Wildman–Crippen MR) is 123 cm³/mol. The van der Waals surface area contributed by atoms with Crippen molar-refractivity contribution in [2.24, 2.45) is 10.9 Å². The van der Waals surface area contributed by atoms with Crippen LogP contribution in [0.15, 0.2) is 34.9 Å². The highest BCUT2D eigenvalue weighted by Gasteiger charge is 2.05. The molecule has 0 saturated carbocycles. The van der Waals surface area contributed by atoms with Crippen LogP contribution in [0.3, 0.4) is 0 Å². The molecule has 0 aliphatic heterocycles. The van der Waals surface area contributed by atoms with E-state index < -0.39 is 0 Å². The first kappa shape index (κ1) is 23.0. The number of aliphatic imine (C=N–C) groups is 1. The minimum absolute atomic E-state index is 0. The number of aromatic nitrogens is 2. The minimum atomic E-state index is 0. The van der Waals surface area contributed by atoms with Crippen LogP contribution in [-0.4, -0.2) is 35.1 Å². The summed E-state index contributed by atoms with van der Waals surface area (Å²) in [6, 6.07) is 4.32. The summed E-state index contributed by atoms with van der Waals surface area (Å²) in [7, 11) is 0. The Balaban J connectivity index is 0.00000338. The van der Waals surface area contributed by atoms with Crippen molar-refractivity contribution in [3.63, 3.8) is 0 Å². The monoisotopic (exact) mass is 489 g/mol. The summed E-state index contributed by atoms with van der Waals surface area (Å²) in [5, 5.41) is 8.92. The van der Waals surface area contributed by atoms with Gasteiger partial charge in [0.2, 0.25) is 0 Å². The third-order valence-electron chi connectivity index (χ3n) is 4.08. The first-order chi connectivity index (χ1) is 12.2. The van der Waals surface area contributed by atoms with Crippen molar-refractivity contribution in [1.82, 2.24) is 20.2 Å². The number of halogens is 1. The molecule has 2 N–H and O–H groups in total. The van der Waals surface area contributed by atoms with Gasteiger partial charge in [-0.1, -0.05) is 13.0 Å². The number of thiophene rings is 1. The molecule has 2 rings (SSSR count). The Kier molecular flexibility index (Phi) is 11.6. The van der Waals surface area contributed by atoms with Crippen LogP contribution in [0, 0.1) is 12.8 Å². The first-order valence-corrected chi connectivity index (χ1v) is 10.1. The van der Waals surface area contributed by atoms with Crippen molar-refractivity contribution < 1.29 is 0 Å². The molecule has 0 amide bonds. The average Bonchev–Trinajstić information content (AvgIpc) is 3.24. The summed E-state index contributed by atoms with van der Waals surface area (Å²) in [6.07, 6.45) is 7.26. The van der Waals surface area contributed by atoms with Crippen molar-refractivity contribution >= 4 is 41.3 Å². The second-order valence-electron chi connectivity index (χ2n) is 6.41. The van der Waals surface area contributed by atoms with Gasteiger partial charge in [-0.25, -0.2) is 4.98 Å². The number of imidazole rings is 1. The van der Waals surface area contributed by atoms with E-state index in [1.54, 1.807) is 0 Å². The van der Waals surface area contributed by atoms with Gasteiger partial charge in [-0.15, -0.1) is 35.3 Å². The third-order valence-corrected chi connectivity index (χ3v) is 4.98. The molecule has 0 bridgehead atoms. The molecule has 2 aromatic heterocycles. The number of hydrogen-bond acceptors (Lipinski definition) is 3. The molecule has 26 heavy (non-hydrogen) atoms. The molecule has 0 spiro atoms. The van der Waals surface area contributed by atoms with E-state index in [0.29, 0.717) is 5.92 Å². The molecular formula is C19H32IN5S. The van der Waals surface area contributed by atoms with E-state index in [-0.39, 0.29) is 24.0 Å². The molecule has 1 atom stereocenters. The summed E-state index contributed by atoms with van der Waals surface area (Å²) in [5.41, 5.74) is 0. The Labute approximate surface area is 178 Å². The molecule has 2 aromatic rings.